The second kappa shape index (κ2) is 7.61. The third-order valence-electron chi connectivity index (χ3n) is 4.58. The topological polar surface area (TPSA) is 73.0 Å². The molecular formula is C23H15BrN4O2. The van der Waals surface area contributed by atoms with E-state index < -0.39 is 0 Å². The molecule has 0 spiro atoms. The number of nitrogens with zero attached hydrogens (tertiary/aromatic N) is 3. The lowest BCUT2D eigenvalue weighted by molar-refractivity contribution is 0.0997. The maximum atomic E-state index is 12.6. The van der Waals surface area contributed by atoms with Gasteiger partial charge in [-0.1, -0.05) is 46.3 Å². The van der Waals surface area contributed by atoms with Gasteiger partial charge in [-0.3, -0.25) is 4.79 Å². The minimum atomic E-state index is -0.326. The second-order valence-corrected chi connectivity index (χ2v) is 7.57. The zero-order valence-electron chi connectivity index (χ0n) is 15.6. The van der Waals surface area contributed by atoms with Gasteiger partial charge in [0, 0.05) is 15.7 Å². The standard InChI is InChI=1S/C23H15BrN4O2/c24-16-8-6-15(7-9-16)21-12-13-22(30-21)23(29)25-17-10-11-19-20(14-17)27-28(26-19)18-4-2-1-3-5-18/h1-14H,(H,25,29). The van der Waals surface area contributed by atoms with Crippen LogP contribution < -0.4 is 5.32 Å². The number of carbonyl (C=O) groups is 1. The Bertz CT molecular complexity index is 1340. The Balaban J connectivity index is 1.36. The van der Waals surface area contributed by atoms with Crippen LogP contribution in [-0.4, -0.2) is 20.9 Å². The maximum Gasteiger partial charge on any atom is 0.291 e. The number of furan rings is 1. The normalized spacial score (nSPS) is 11.0. The molecule has 5 aromatic rings. The minimum Gasteiger partial charge on any atom is -0.451 e. The SMILES string of the molecule is O=C(Nc1ccc2nn(-c3ccccc3)nc2c1)c1ccc(-c2ccc(Br)cc2)o1. The van der Waals surface area contributed by atoms with Crippen molar-refractivity contribution in [3.63, 3.8) is 0 Å². The highest BCUT2D eigenvalue weighted by Gasteiger charge is 2.14. The summed E-state index contributed by atoms with van der Waals surface area (Å²) in [4.78, 5) is 14.2. The van der Waals surface area contributed by atoms with E-state index in [1.807, 2.05) is 60.7 Å². The lowest BCUT2D eigenvalue weighted by atomic mass is 10.2. The van der Waals surface area contributed by atoms with Crippen LogP contribution in [0.15, 0.2) is 93.8 Å². The second-order valence-electron chi connectivity index (χ2n) is 6.65. The fraction of sp³-hybridized carbons (Fsp3) is 0. The number of halogens is 1. The van der Waals surface area contributed by atoms with E-state index in [4.69, 9.17) is 4.42 Å². The average molecular weight is 459 g/mol. The van der Waals surface area contributed by atoms with Crippen LogP contribution in [-0.2, 0) is 0 Å². The number of hydrogen-bond acceptors (Lipinski definition) is 4. The first-order chi connectivity index (χ1) is 14.7. The number of aromatic nitrogens is 3. The van der Waals surface area contributed by atoms with Crippen molar-refractivity contribution < 1.29 is 9.21 Å². The summed E-state index contributed by atoms with van der Waals surface area (Å²) in [6, 6.07) is 26.2. The van der Waals surface area contributed by atoms with Crippen LogP contribution in [0.2, 0.25) is 0 Å². The molecule has 3 aromatic carbocycles. The van der Waals surface area contributed by atoms with Gasteiger partial charge in [0.05, 0.1) is 5.69 Å². The summed E-state index contributed by atoms with van der Waals surface area (Å²) in [5.41, 5.74) is 3.82. The summed E-state index contributed by atoms with van der Waals surface area (Å²) in [5.74, 6) is 0.544. The van der Waals surface area contributed by atoms with Crippen LogP contribution in [0.5, 0.6) is 0 Å². The Hall–Kier alpha value is -3.71. The van der Waals surface area contributed by atoms with Crippen molar-refractivity contribution in [1.29, 1.82) is 0 Å². The fourth-order valence-corrected chi connectivity index (χ4v) is 3.36. The number of benzene rings is 3. The quantitative estimate of drug-likeness (QED) is 0.375. The van der Waals surface area contributed by atoms with E-state index in [0.717, 1.165) is 21.2 Å². The first-order valence-electron chi connectivity index (χ1n) is 9.25. The number of rotatable bonds is 4. The van der Waals surface area contributed by atoms with E-state index >= 15 is 0 Å². The number of amides is 1. The van der Waals surface area contributed by atoms with Crippen LogP contribution in [0, 0.1) is 0 Å². The van der Waals surface area contributed by atoms with Crippen molar-refractivity contribution in [1.82, 2.24) is 15.0 Å². The smallest absolute Gasteiger partial charge is 0.291 e. The first kappa shape index (κ1) is 18.3. The van der Waals surface area contributed by atoms with Crippen LogP contribution in [0.25, 0.3) is 28.0 Å². The largest absolute Gasteiger partial charge is 0.451 e. The molecular weight excluding hydrogens is 444 g/mol. The molecule has 0 bridgehead atoms. The molecule has 2 heterocycles. The van der Waals surface area contributed by atoms with Gasteiger partial charge >= 0.3 is 0 Å². The van der Waals surface area contributed by atoms with Crippen molar-refractivity contribution in [3.05, 3.63) is 95.2 Å². The molecule has 0 radical (unpaired) electrons. The van der Waals surface area contributed by atoms with Crippen molar-refractivity contribution in [3.8, 4) is 17.0 Å². The number of anilines is 1. The van der Waals surface area contributed by atoms with E-state index in [0.29, 0.717) is 17.0 Å². The van der Waals surface area contributed by atoms with E-state index in [1.165, 1.54) is 0 Å². The third-order valence-corrected chi connectivity index (χ3v) is 5.11. The monoisotopic (exact) mass is 458 g/mol. The molecule has 1 amide bonds. The van der Waals surface area contributed by atoms with E-state index in [9.17, 15) is 4.79 Å². The van der Waals surface area contributed by atoms with Crippen molar-refractivity contribution in [2.24, 2.45) is 0 Å². The minimum absolute atomic E-state index is 0.237. The van der Waals surface area contributed by atoms with E-state index in [-0.39, 0.29) is 11.7 Å². The van der Waals surface area contributed by atoms with E-state index in [1.54, 1.807) is 29.1 Å². The summed E-state index contributed by atoms with van der Waals surface area (Å²) in [6.45, 7) is 0. The van der Waals surface area contributed by atoms with Gasteiger partial charge in [-0.25, -0.2) is 0 Å². The van der Waals surface area contributed by atoms with Gasteiger partial charge in [-0.2, -0.15) is 4.80 Å². The summed E-state index contributed by atoms with van der Waals surface area (Å²) in [7, 11) is 0. The third kappa shape index (κ3) is 3.62. The zero-order chi connectivity index (χ0) is 20.5. The van der Waals surface area contributed by atoms with E-state index in [2.05, 4.69) is 31.4 Å². The summed E-state index contributed by atoms with van der Waals surface area (Å²) < 4.78 is 6.72. The predicted octanol–water partition coefficient (Wildman–Crippen LogP) is 5.70. The number of fused-ring (bicyclic) bond motifs is 1. The molecule has 7 heteroatoms. The van der Waals surface area contributed by atoms with Gasteiger partial charge < -0.3 is 9.73 Å². The lowest BCUT2D eigenvalue weighted by Crippen LogP contribution is -2.10. The average Bonchev–Trinajstić information content (AvgIpc) is 3.42. The van der Waals surface area contributed by atoms with Gasteiger partial charge in [0.25, 0.3) is 5.91 Å². The molecule has 0 fully saturated rings. The van der Waals surface area contributed by atoms with Crippen LogP contribution in [0.3, 0.4) is 0 Å². The van der Waals surface area contributed by atoms with Crippen LogP contribution in [0.4, 0.5) is 5.69 Å². The molecule has 0 saturated carbocycles. The molecule has 0 aliphatic heterocycles. The van der Waals surface area contributed by atoms with Crippen molar-refractivity contribution in [2.75, 3.05) is 5.32 Å². The number of carbonyl (C=O) groups excluding carboxylic acids is 1. The highest BCUT2D eigenvalue weighted by atomic mass is 79.9. The molecule has 0 saturated heterocycles. The van der Waals surface area contributed by atoms with Crippen molar-refractivity contribution in [2.45, 2.75) is 0 Å². The molecule has 6 nitrogen and oxygen atoms in total. The Kier molecular flexibility index (Phi) is 4.65. The molecule has 0 unspecified atom stereocenters. The zero-order valence-corrected chi connectivity index (χ0v) is 17.2. The predicted molar refractivity (Wildman–Crippen MR) is 119 cm³/mol. The molecule has 146 valence electrons. The highest BCUT2D eigenvalue weighted by Crippen LogP contribution is 2.25. The van der Waals surface area contributed by atoms with Gasteiger partial charge in [-0.05, 0) is 54.6 Å². The van der Waals surface area contributed by atoms with Gasteiger partial charge in [-0.15, -0.1) is 10.2 Å². The summed E-state index contributed by atoms with van der Waals surface area (Å²) in [5, 5.41) is 11.8. The molecule has 30 heavy (non-hydrogen) atoms. The molecule has 5 rings (SSSR count). The molecule has 2 aromatic heterocycles. The maximum absolute atomic E-state index is 12.6. The number of para-hydroxylation sites is 1. The molecule has 0 aliphatic rings. The molecule has 0 atom stereocenters. The Labute approximate surface area is 180 Å². The van der Waals surface area contributed by atoms with Gasteiger partial charge in [0.1, 0.15) is 16.8 Å². The Morgan fingerprint density at radius 1 is 0.867 bits per heavy atom. The van der Waals surface area contributed by atoms with Gasteiger partial charge in [0.2, 0.25) is 0 Å². The molecule has 1 N–H and O–H groups in total. The van der Waals surface area contributed by atoms with Gasteiger partial charge in [0.15, 0.2) is 5.76 Å². The highest BCUT2D eigenvalue weighted by molar-refractivity contribution is 9.10. The Morgan fingerprint density at radius 3 is 2.43 bits per heavy atom. The number of nitrogens with one attached hydrogen (secondary N) is 1. The van der Waals surface area contributed by atoms with Crippen molar-refractivity contribution >= 4 is 38.6 Å². The summed E-state index contributed by atoms with van der Waals surface area (Å²) >= 11 is 3.41. The summed E-state index contributed by atoms with van der Waals surface area (Å²) in [6.07, 6.45) is 0. The number of hydrogen-bond donors (Lipinski definition) is 1. The lowest BCUT2D eigenvalue weighted by Gasteiger charge is -2.02. The first-order valence-corrected chi connectivity index (χ1v) is 10.0. The fourth-order valence-electron chi connectivity index (χ4n) is 3.09. The van der Waals surface area contributed by atoms with Crippen LogP contribution >= 0.6 is 15.9 Å². The van der Waals surface area contributed by atoms with Crippen LogP contribution in [0.1, 0.15) is 10.6 Å². The Morgan fingerprint density at radius 2 is 1.63 bits per heavy atom. The molecule has 0 aliphatic carbocycles.